The van der Waals surface area contributed by atoms with E-state index < -0.39 is 0 Å². The third kappa shape index (κ3) is 2.59. The molecule has 1 heterocycles. The minimum absolute atomic E-state index is 0.00321. The predicted molar refractivity (Wildman–Crippen MR) is 100 cm³/mol. The van der Waals surface area contributed by atoms with Crippen molar-refractivity contribution in [1.29, 1.82) is 0 Å². The van der Waals surface area contributed by atoms with E-state index in [-0.39, 0.29) is 12.1 Å². The number of anilines is 2. The van der Waals surface area contributed by atoms with E-state index in [9.17, 15) is 4.79 Å². The smallest absolute Gasteiger partial charge is 0.262 e. The number of nitrogens with one attached hydrogen (secondary N) is 1. The van der Waals surface area contributed by atoms with Gasteiger partial charge in [-0.05, 0) is 42.0 Å². The molecule has 1 N–H and O–H groups in total. The SMILES string of the molecule is O=C1c2ccccc2N[C@H](c2ccc(Br)cc2)N1c1ccccc1. The highest BCUT2D eigenvalue weighted by atomic mass is 79.9. The van der Waals surface area contributed by atoms with Gasteiger partial charge in [0.15, 0.2) is 0 Å². The van der Waals surface area contributed by atoms with Crippen molar-refractivity contribution < 1.29 is 4.79 Å². The van der Waals surface area contributed by atoms with Gasteiger partial charge in [0.25, 0.3) is 5.91 Å². The van der Waals surface area contributed by atoms with Crippen LogP contribution in [0.25, 0.3) is 0 Å². The molecule has 0 aliphatic carbocycles. The largest absolute Gasteiger partial charge is 0.360 e. The molecule has 3 nitrogen and oxygen atoms in total. The standard InChI is InChI=1S/C20H15BrN2O/c21-15-12-10-14(11-13-15)19-22-18-9-5-4-8-17(18)20(24)23(19)16-6-2-1-3-7-16/h1-13,19,22H/t19-/m0/s1. The fraction of sp³-hybridized carbons (Fsp3) is 0.0500. The summed E-state index contributed by atoms with van der Waals surface area (Å²) in [6.07, 6.45) is -0.247. The van der Waals surface area contributed by atoms with Gasteiger partial charge in [0.05, 0.1) is 5.56 Å². The first kappa shape index (κ1) is 15.0. The van der Waals surface area contributed by atoms with Crippen molar-refractivity contribution in [3.8, 4) is 0 Å². The van der Waals surface area contributed by atoms with E-state index in [0.29, 0.717) is 5.56 Å². The molecule has 4 heteroatoms. The first-order valence-electron chi connectivity index (χ1n) is 7.74. The number of benzene rings is 3. The summed E-state index contributed by atoms with van der Waals surface area (Å²) in [5, 5.41) is 3.50. The molecule has 1 amide bonds. The van der Waals surface area contributed by atoms with Crippen molar-refractivity contribution in [2.45, 2.75) is 6.17 Å². The monoisotopic (exact) mass is 378 g/mol. The fourth-order valence-electron chi connectivity index (χ4n) is 2.99. The molecule has 0 saturated heterocycles. The highest BCUT2D eigenvalue weighted by Crippen LogP contribution is 2.36. The number of nitrogens with zero attached hydrogens (tertiary/aromatic N) is 1. The van der Waals surface area contributed by atoms with Crippen LogP contribution in [-0.4, -0.2) is 5.91 Å². The van der Waals surface area contributed by atoms with E-state index in [1.54, 1.807) is 0 Å². The minimum Gasteiger partial charge on any atom is -0.360 e. The summed E-state index contributed by atoms with van der Waals surface area (Å²) in [6.45, 7) is 0. The van der Waals surface area contributed by atoms with Crippen molar-refractivity contribution in [3.63, 3.8) is 0 Å². The lowest BCUT2D eigenvalue weighted by atomic mass is 10.0. The number of carbonyl (C=O) groups is 1. The molecule has 24 heavy (non-hydrogen) atoms. The summed E-state index contributed by atoms with van der Waals surface area (Å²) in [5.74, 6) is 0.00321. The van der Waals surface area contributed by atoms with Crippen LogP contribution in [0.2, 0.25) is 0 Å². The van der Waals surface area contributed by atoms with E-state index in [1.807, 2.05) is 83.8 Å². The number of rotatable bonds is 2. The Morgan fingerprint density at radius 1 is 0.833 bits per heavy atom. The quantitative estimate of drug-likeness (QED) is 0.662. The van der Waals surface area contributed by atoms with Gasteiger partial charge < -0.3 is 5.32 Å². The Bertz CT molecular complexity index is 878. The highest BCUT2D eigenvalue weighted by molar-refractivity contribution is 9.10. The van der Waals surface area contributed by atoms with Gasteiger partial charge in [-0.25, -0.2) is 0 Å². The van der Waals surface area contributed by atoms with Gasteiger partial charge in [0.1, 0.15) is 6.17 Å². The number of amides is 1. The van der Waals surface area contributed by atoms with Crippen LogP contribution >= 0.6 is 15.9 Å². The summed E-state index contributed by atoms with van der Waals surface area (Å²) in [7, 11) is 0. The molecule has 0 spiro atoms. The fourth-order valence-corrected chi connectivity index (χ4v) is 3.25. The molecule has 0 saturated carbocycles. The zero-order chi connectivity index (χ0) is 16.5. The second-order valence-electron chi connectivity index (χ2n) is 5.65. The maximum absolute atomic E-state index is 13.1. The van der Waals surface area contributed by atoms with Crippen LogP contribution in [0.4, 0.5) is 11.4 Å². The van der Waals surface area contributed by atoms with Crippen LogP contribution in [0.3, 0.4) is 0 Å². The molecule has 3 aromatic rings. The van der Waals surface area contributed by atoms with Gasteiger partial charge in [-0.2, -0.15) is 0 Å². The third-order valence-corrected chi connectivity index (χ3v) is 4.68. The molecule has 3 aromatic carbocycles. The van der Waals surface area contributed by atoms with E-state index in [0.717, 1.165) is 21.4 Å². The van der Waals surface area contributed by atoms with Crippen molar-refractivity contribution in [3.05, 3.63) is 94.5 Å². The van der Waals surface area contributed by atoms with Gasteiger partial charge in [-0.15, -0.1) is 0 Å². The molecule has 4 rings (SSSR count). The molecule has 1 aliphatic rings. The Morgan fingerprint density at radius 3 is 2.25 bits per heavy atom. The molecule has 0 unspecified atom stereocenters. The molecule has 0 bridgehead atoms. The highest BCUT2D eigenvalue weighted by Gasteiger charge is 2.33. The number of carbonyl (C=O) groups excluding carboxylic acids is 1. The van der Waals surface area contributed by atoms with E-state index in [1.165, 1.54) is 0 Å². The van der Waals surface area contributed by atoms with Crippen LogP contribution in [-0.2, 0) is 0 Å². The van der Waals surface area contributed by atoms with Gasteiger partial charge in [-0.3, -0.25) is 9.69 Å². The zero-order valence-electron chi connectivity index (χ0n) is 12.8. The molecule has 0 radical (unpaired) electrons. The van der Waals surface area contributed by atoms with Gasteiger partial charge in [0.2, 0.25) is 0 Å². The number of hydrogen-bond acceptors (Lipinski definition) is 2. The first-order valence-corrected chi connectivity index (χ1v) is 8.53. The van der Waals surface area contributed by atoms with Crippen LogP contribution in [0, 0.1) is 0 Å². The summed E-state index contributed by atoms with van der Waals surface area (Å²) < 4.78 is 1.01. The van der Waals surface area contributed by atoms with Gasteiger partial charge in [0, 0.05) is 15.8 Å². The zero-order valence-corrected chi connectivity index (χ0v) is 14.4. The Kier molecular flexibility index (Phi) is 3.82. The summed E-state index contributed by atoms with van der Waals surface area (Å²) in [4.78, 5) is 15.0. The van der Waals surface area contributed by atoms with Crippen molar-refractivity contribution in [2.75, 3.05) is 10.2 Å². The van der Waals surface area contributed by atoms with E-state index in [2.05, 4.69) is 21.2 Å². The molecule has 0 aromatic heterocycles. The number of para-hydroxylation sites is 2. The number of hydrogen-bond donors (Lipinski definition) is 1. The Hall–Kier alpha value is -2.59. The van der Waals surface area contributed by atoms with Crippen LogP contribution in [0.1, 0.15) is 22.1 Å². The van der Waals surface area contributed by atoms with E-state index >= 15 is 0 Å². The third-order valence-electron chi connectivity index (χ3n) is 4.15. The lowest BCUT2D eigenvalue weighted by Crippen LogP contribution is -2.43. The minimum atomic E-state index is -0.247. The molecule has 1 aliphatic heterocycles. The maximum Gasteiger partial charge on any atom is 0.262 e. The number of halogens is 1. The lowest BCUT2D eigenvalue weighted by molar-refractivity contribution is 0.0975. The average molecular weight is 379 g/mol. The second-order valence-corrected chi connectivity index (χ2v) is 6.57. The van der Waals surface area contributed by atoms with E-state index in [4.69, 9.17) is 0 Å². The molecule has 118 valence electrons. The van der Waals surface area contributed by atoms with Crippen LogP contribution < -0.4 is 10.2 Å². The summed E-state index contributed by atoms with van der Waals surface area (Å²) >= 11 is 3.47. The normalized spacial score (nSPS) is 16.5. The number of fused-ring (bicyclic) bond motifs is 1. The first-order chi connectivity index (χ1) is 11.7. The Morgan fingerprint density at radius 2 is 1.50 bits per heavy atom. The predicted octanol–water partition coefficient (Wildman–Crippen LogP) is 5.22. The van der Waals surface area contributed by atoms with Crippen molar-refractivity contribution in [1.82, 2.24) is 0 Å². The summed E-state index contributed by atoms with van der Waals surface area (Å²) in [6, 6.07) is 25.4. The van der Waals surface area contributed by atoms with Crippen molar-refractivity contribution >= 4 is 33.2 Å². The molecular weight excluding hydrogens is 364 g/mol. The second kappa shape index (κ2) is 6.13. The van der Waals surface area contributed by atoms with Crippen LogP contribution in [0.15, 0.2) is 83.3 Å². The van der Waals surface area contributed by atoms with Gasteiger partial charge in [-0.1, -0.05) is 58.4 Å². The average Bonchev–Trinajstić information content (AvgIpc) is 2.63. The summed E-state index contributed by atoms with van der Waals surface area (Å²) in [5.41, 5.74) is 3.46. The Labute approximate surface area is 149 Å². The van der Waals surface area contributed by atoms with Gasteiger partial charge >= 0.3 is 0 Å². The molecule has 0 fully saturated rings. The maximum atomic E-state index is 13.1. The topological polar surface area (TPSA) is 32.3 Å². The molecular formula is C20H15BrN2O. The van der Waals surface area contributed by atoms with Crippen LogP contribution in [0.5, 0.6) is 0 Å². The molecule has 1 atom stereocenters. The lowest BCUT2D eigenvalue weighted by Gasteiger charge is -2.38. The Balaban J connectivity index is 1.86. The van der Waals surface area contributed by atoms with Crippen molar-refractivity contribution in [2.24, 2.45) is 0 Å².